The van der Waals surface area contributed by atoms with Gasteiger partial charge >= 0.3 is 0 Å². The molecule has 5 aromatic rings. The summed E-state index contributed by atoms with van der Waals surface area (Å²) in [6.07, 6.45) is 10.5. The Kier molecular flexibility index (Phi) is 12.8. The topological polar surface area (TPSA) is 203 Å². The second-order valence-corrected chi connectivity index (χ2v) is 20.7. The van der Waals surface area contributed by atoms with Crippen molar-refractivity contribution in [2.45, 2.75) is 78.3 Å². The van der Waals surface area contributed by atoms with Crippen molar-refractivity contribution in [2.24, 2.45) is 0 Å². The Morgan fingerprint density at radius 2 is 1.18 bits per heavy atom. The van der Waals surface area contributed by atoms with Crippen LogP contribution in [0.15, 0.2) is 126 Å². The van der Waals surface area contributed by atoms with Gasteiger partial charge < -0.3 is 40.4 Å². The fourth-order valence-electron chi connectivity index (χ4n) is 10.8. The van der Waals surface area contributed by atoms with E-state index in [-0.39, 0.29) is 67.9 Å². The molecule has 3 amide bonds. The summed E-state index contributed by atoms with van der Waals surface area (Å²) in [6, 6.07) is 14.4. The Hall–Kier alpha value is -9.16. The van der Waals surface area contributed by atoms with E-state index < -0.39 is 42.5 Å². The number of alkyl halides is 4. The molecular weight excluding hydrogens is 1020 g/mol. The first-order chi connectivity index (χ1) is 37.9. The number of likely N-dealkylation sites (tertiary alicyclic amines) is 2. The maximum absolute atomic E-state index is 14.6. The first-order valence-electron chi connectivity index (χ1n) is 26.0. The van der Waals surface area contributed by atoms with Crippen LogP contribution in [-0.4, -0.2) is 134 Å². The van der Waals surface area contributed by atoms with E-state index in [9.17, 15) is 31.9 Å². The molecule has 7 aliphatic rings. The Labute approximate surface area is 451 Å². The number of hydrogen-bond donors (Lipinski definition) is 5. The minimum Gasteiger partial charge on any atom is -0.354 e. The Morgan fingerprint density at radius 1 is 0.646 bits per heavy atom. The Balaban J connectivity index is 0.791. The summed E-state index contributed by atoms with van der Waals surface area (Å²) in [5, 5.41) is 16.6. The molecule has 0 spiro atoms. The molecule has 408 valence electrons. The van der Waals surface area contributed by atoms with Gasteiger partial charge in [0.25, 0.3) is 23.6 Å². The van der Waals surface area contributed by atoms with Gasteiger partial charge in [0.05, 0.1) is 25.8 Å². The third-order valence-electron chi connectivity index (χ3n) is 14.4. The van der Waals surface area contributed by atoms with Crippen LogP contribution >= 0.6 is 0 Å². The van der Waals surface area contributed by atoms with Crippen LogP contribution in [0.2, 0.25) is 0 Å². The van der Waals surface area contributed by atoms with Gasteiger partial charge in [0.15, 0.2) is 11.3 Å². The van der Waals surface area contributed by atoms with Gasteiger partial charge in [0, 0.05) is 68.6 Å². The highest BCUT2D eigenvalue weighted by Crippen LogP contribution is 2.36. The number of carbonyl (C=O) groups excluding carboxylic acids is 3. The molecule has 7 aliphatic heterocycles. The summed E-state index contributed by atoms with van der Waals surface area (Å²) < 4.78 is 58.8. The number of imidazole rings is 1. The van der Waals surface area contributed by atoms with Gasteiger partial charge in [-0.3, -0.25) is 25.2 Å². The zero-order valence-electron chi connectivity index (χ0n) is 43.6. The van der Waals surface area contributed by atoms with E-state index in [0.29, 0.717) is 77.9 Å². The molecule has 79 heavy (non-hydrogen) atoms. The number of allylic oxidation sites excluding steroid dienone is 4. The van der Waals surface area contributed by atoms with Crippen LogP contribution in [0.25, 0.3) is 5.65 Å². The van der Waals surface area contributed by atoms with E-state index in [4.69, 9.17) is 0 Å². The van der Waals surface area contributed by atoms with Crippen molar-refractivity contribution in [1.82, 2.24) is 70.0 Å². The van der Waals surface area contributed by atoms with E-state index >= 15 is 0 Å². The van der Waals surface area contributed by atoms with E-state index in [1.807, 2.05) is 70.7 Å². The average molecular weight is 1080 g/mol. The van der Waals surface area contributed by atoms with Crippen molar-refractivity contribution < 1.29 is 31.9 Å². The van der Waals surface area contributed by atoms with Crippen LogP contribution < -0.4 is 31.7 Å². The molecule has 3 saturated heterocycles. The van der Waals surface area contributed by atoms with Crippen molar-refractivity contribution in [3.8, 4) is 0 Å². The lowest BCUT2D eigenvalue weighted by Gasteiger charge is -2.34. The lowest BCUT2D eigenvalue weighted by atomic mass is 10.2. The van der Waals surface area contributed by atoms with Crippen molar-refractivity contribution in [1.29, 1.82) is 0 Å². The van der Waals surface area contributed by atoms with Crippen molar-refractivity contribution in [2.75, 3.05) is 60.1 Å². The second-order valence-electron chi connectivity index (χ2n) is 20.7. The van der Waals surface area contributed by atoms with Crippen molar-refractivity contribution in [3.63, 3.8) is 0 Å². The largest absolute Gasteiger partial charge is 0.354 e. The van der Waals surface area contributed by atoms with E-state index in [2.05, 4.69) is 51.8 Å². The zero-order chi connectivity index (χ0) is 54.9. The molecular formula is C54H56F4N18O3. The van der Waals surface area contributed by atoms with E-state index in [0.717, 1.165) is 22.4 Å². The molecule has 12 rings (SSSR count). The number of nitrogens with zero attached hydrogens (tertiary/aromatic N) is 13. The Bertz CT molecular complexity index is 3520. The van der Waals surface area contributed by atoms with Gasteiger partial charge in [0.1, 0.15) is 70.3 Å². The van der Waals surface area contributed by atoms with Crippen LogP contribution in [0.3, 0.4) is 0 Å². The maximum Gasteiger partial charge on any atom is 0.277 e. The number of aryl methyl sites for hydroxylation is 4. The number of amides is 3. The van der Waals surface area contributed by atoms with Crippen LogP contribution in [0.5, 0.6) is 0 Å². The smallest absolute Gasteiger partial charge is 0.277 e. The minimum absolute atomic E-state index is 0.134. The predicted octanol–water partition coefficient (Wildman–Crippen LogP) is 5.93. The molecule has 25 heteroatoms. The van der Waals surface area contributed by atoms with E-state index in [1.54, 1.807) is 76.7 Å². The van der Waals surface area contributed by atoms with Crippen molar-refractivity contribution >= 4 is 46.6 Å². The summed E-state index contributed by atoms with van der Waals surface area (Å²) >= 11 is 0. The molecule has 21 nitrogen and oxygen atoms in total. The first-order valence-corrected chi connectivity index (χ1v) is 26.0. The molecule has 0 aromatic carbocycles. The minimum atomic E-state index is -2.85. The van der Waals surface area contributed by atoms with Gasteiger partial charge in [-0.05, 0) is 130 Å². The highest BCUT2D eigenvalue weighted by Gasteiger charge is 2.42. The van der Waals surface area contributed by atoms with Gasteiger partial charge in [-0.1, -0.05) is 0 Å². The number of nitrogens with one attached hydrogen (secondary N) is 5. The number of aromatic nitrogens is 6. The third-order valence-corrected chi connectivity index (χ3v) is 14.4. The Morgan fingerprint density at radius 3 is 1.71 bits per heavy atom. The molecule has 5 aromatic heterocycles. The number of anilines is 4. The highest BCUT2D eigenvalue weighted by molar-refractivity contribution is 6.04. The third kappa shape index (κ3) is 10.4. The monoisotopic (exact) mass is 1080 g/mol. The zero-order valence-corrected chi connectivity index (χ0v) is 43.6. The van der Waals surface area contributed by atoms with Crippen LogP contribution in [0, 0.1) is 27.7 Å². The van der Waals surface area contributed by atoms with Gasteiger partial charge in [-0.25, -0.2) is 52.0 Å². The van der Waals surface area contributed by atoms with Crippen LogP contribution in [0.4, 0.5) is 40.8 Å². The summed E-state index contributed by atoms with van der Waals surface area (Å²) in [6.45, 7) is 8.87. The van der Waals surface area contributed by atoms with Crippen LogP contribution in [0.1, 0.15) is 63.5 Å². The first kappa shape index (κ1) is 50.6. The van der Waals surface area contributed by atoms with Crippen molar-refractivity contribution in [3.05, 3.63) is 166 Å². The molecule has 0 aliphatic carbocycles. The number of pyridine rings is 3. The lowest BCUT2D eigenvalue weighted by molar-refractivity contribution is -0.115. The molecule has 3 fully saturated rings. The molecule has 0 unspecified atom stereocenters. The summed E-state index contributed by atoms with van der Waals surface area (Å²) in [4.78, 5) is 69.6. The van der Waals surface area contributed by atoms with Gasteiger partial charge in [0.2, 0.25) is 0 Å². The van der Waals surface area contributed by atoms with E-state index in [1.165, 1.54) is 10.7 Å². The number of hydrogen-bond acceptors (Lipinski definition) is 17. The lowest BCUT2D eigenvalue weighted by Crippen LogP contribution is -2.45. The number of hydrazine groups is 2. The fraction of sp³-hybridized carbons (Fsp3) is 0.333. The normalized spacial score (nSPS) is 20.3. The summed E-state index contributed by atoms with van der Waals surface area (Å²) in [7, 11) is 0. The molecule has 12 heterocycles. The number of fused-ring (bicyclic) bond motifs is 3. The quantitative estimate of drug-likeness (QED) is 0.0868. The highest BCUT2D eigenvalue weighted by atomic mass is 19.3. The molecule has 2 atom stereocenters. The predicted molar refractivity (Wildman–Crippen MR) is 283 cm³/mol. The number of carbonyl (C=O) groups is 3. The number of rotatable bonds is 13. The molecule has 0 radical (unpaired) electrons. The maximum atomic E-state index is 14.6. The second kappa shape index (κ2) is 20.0. The standard InChI is InChI=1S/C54H56F4N18O3/c1-31-17-32(2)60-42(18-31)63-52(78)40-28-73(50-10-8-48(68-76(40)50)71-16-13-54(57,58)30-71)25-36-20-34(4)62-44(22-36)65-53(79)41-29-72(49-9-7-47(67-75(41)49)70-15-12-38(56)27-70)24-35-19-33(3)61-43(21-35)64-51(77)39-23-59-45-5-6-46(66-74(39)45)69-14-11-37(55)26-69/h5-10,17-23,28-29,37-38,67-68H,11-16,24-27,30H2,1-4H3,(H,60,63,78)(H,61,64,77)(H,62,65,79)/t37-,38+/m0/s1. The SMILES string of the molecule is Cc1cc(C)nc(NC(=O)C2=CN(Cc3cc(C)nc(NC(=O)C4=CN(Cc5cc(C)nc(NC(=O)c6cnc7ccc(N8CC[C@H](F)C8)nn67)c5)C5=CC=C(N6CC[C@@H](F)C6)NN45)c3)C3=CC=C(N4CCC(F)(F)C4)NN23)c1. The van der Waals surface area contributed by atoms with Crippen LogP contribution in [-0.2, 0) is 22.7 Å². The summed E-state index contributed by atoms with van der Waals surface area (Å²) in [5.41, 5.74) is 11.9. The van der Waals surface area contributed by atoms with Gasteiger partial charge in [-0.2, -0.15) is 0 Å². The van der Waals surface area contributed by atoms with Gasteiger partial charge in [-0.15, -0.1) is 5.10 Å². The number of halogens is 4. The fourth-order valence-corrected chi connectivity index (χ4v) is 10.8. The molecule has 0 saturated carbocycles. The molecule has 0 bridgehead atoms. The summed E-state index contributed by atoms with van der Waals surface area (Å²) in [5.74, 6) is -0.741. The average Bonchev–Trinajstić information content (AvgIpc) is 4.48. The molecule has 5 N–H and O–H groups in total.